The highest BCUT2D eigenvalue weighted by molar-refractivity contribution is 5.94. The molecule has 0 radical (unpaired) electrons. The molecule has 0 spiro atoms. The third-order valence-electron chi connectivity index (χ3n) is 4.33. The lowest BCUT2D eigenvalue weighted by molar-refractivity contribution is -0.386. The van der Waals surface area contributed by atoms with Gasteiger partial charge in [-0.3, -0.25) is 24.3 Å². The molecule has 0 fully saturated rings. The minimum Gasteiger partial charge on any atom is -0.311 e. The summed E-state index contributed by atoms with van der Waals surface area (Å²) < 4.78 is 1.16. The molecule has 7 heteroatoms. The monoisotopic (exact) mass is 327 g/mol. The van der Waals surface area contributed by atoms with Crippen molar-refractivity contribution in [3.63, 3.8) is 0 Å². The van der Waals surface area contributed by atoms with Gasteiger partial charge < -0.3 is 4.90 Å². The van der Waals surface area contributed by atoms with Gasteiger partial charge in [0.2, 0.25) is 5.91 Å². The van der Waals surface area contributed by atoms with Crippen molar-refractivity contribution in [2.24, 2.45) is 0 Å². The number of hydrogen-bond acceptors (Lipinski definition) is 4. The Morgan fingerprint density at radius 2 is 2.00 bits per heavy atom. The van der Waals surface area contributed by atoms with E-state index in [-0.39, 0.29) is 23.8 Å². The molecule has 0 saturated heterocycles. The molecule has 3 rings (SSSR count). The number of nitrogens with zero attached hydrogens (tertiary/aromatic N) is 3. The average Bonchev–Trinajstić information content (AvgIpc) is 2.57. The second kappa shape index (κ2) is 6.27. The molecule has 24 heavy (non-hydrogen) atoms. The van der Waals surface area contributed by atoms with Crippen LogP contribution in [0.2, 0.25) is 0 Å². The number of nitro groups is 1. The lowest BCUT2D eigenvalue weighted by Gasteiger charge is -2.29. The number of anilines is 1. The van der Waals surface area contributed by atoms with E-state index in [0.29, 0.717) is 6.54 Å². The maximum atomic E-state index is 12.7. The van der Waals surface area contributed by atoms with Crippen molar-refractivity contribution in [1.29, 1.82) is 0 Å². The van der Waals surface area contributed by atoms with Gasteiger partial charge in [-0.05, 0) is 31.4 Å². The molecule has 0 aliphatic carbocycles. The van der Waals surface area contributed by atoms with E-state index in [2.05, 4.69) is 0 Å². The predicted molar refractivity (Wildman–Crippen MR) is 89.2 cm³/mol. The highest BCUT2D eigenvalue weighted by Gasteiger charge is 2.24. The first-order valence-electron chi connectivity index (χ1n) is 7.72. The normalized spacial score (nSPS) is 13.5. The Morgan fingerprint density at radius 3 is 2.75 bits per heavy atom. The largest absolute Gasteiger partial charge is 0.311 e. The fourth-order valence-electron chi connectivity index (χ4n) is 3.07. The number of amides is 1. The zero-order valence-electron chi connectivity index (χ0n) is 13.3. The molecule has 1 aliphatic heterocycles. The van der Waals surface area contributed by atoms with Crippen LogP contribution in [-0.2, 0) is 17.8 Å². The number of benzene rings is 1. The van der Waals surface area contributed by atoms with E-state index in [4.69, 9.17) is 0 Å². The summed E-state index contributed by atoms with van der Waals surface area (Å²) in [4.78, 5) is 36.9. The zero-order chi connectivity index (χ0) is 17.3. The summed E-state index contributed by atoms with van der Waals surface area (Å²) in [6.07, 6.45) is 1.77. The standard InChI is InChI=1S/C17H17N3O4/c1-12-14(20(23)24)8-9-16(21)19(12)11-17(22)18-10-4-6-13-5-2-3-7-15(13)18/h2-3,5,7-9H,4,6,10-11H2,1H3. The fourth-order valence-corrected chi connectivity index (χ4v) is 3.07. The quantitative estimate of drug-likeness (QED) is 0.638. The van der Waals surface area contributed by atoms with E-state index < -0.39 is 10.5 Å². The van der Waals surface area contributed by atoms with Gasteiger partial charge in [-0.25, -0.2) is 0 Å². The van der Waals surface area contributed by atoms with Gasteiger partial charge >= 0.3 is 0 Å². The second-order valence-electron chi connectivity index (χ2n) is 5.76. The first-order valence-corrected chi connectivity index (χ1v) is 7.72. The molecule has 124 valence electrons. The first kappa shape index (κ1) is 15.9. The van der Waals surface area contributed by atoms with Gasteiger partial charge in [0.05, 0.1) is 10.6 Å². The van der Waals surface area contributed by atoms with Crippen LogP contribution in [0.3, 0.4) is 0 Å². The maximum Gasteiger partial charge on any atom is 0.288 e. The van der Waals surface area contributed by atoms with Gasteiger partial charge in [-0.1, -0.05) is 18.2 Å². The van der Waals surface area contributed by atoms with Crippen LogP contribution in [0.4, 0.5) is 11.4 Å². The molecule has 1 aromatic carbocycles. The third kappa shape index (κ3) is 2.80. The minimum atomic E-state index is -0.550. The van der Waals surface area contributed by atoms with Crippen molar-refractivity contribution in [3.05, 3.63) is 68.1 Å². The molecule has 0 bridgehead atoms. The molecule has 0 saturated carbocycles. The van der Waals surface area contributed by atoms with Gasteiger partial charge in [0.1, 0.15) is 6.54 Å². The lowest BCUT2D eigenvalue weighted by Crippen LogP contribution is -2.40. The summed E-state index contributed by atoms with van der Waals surface area (Å²) in [5.41, 5.74) is 1.55. The number of carbonyl (C=O) groups excluding carboxylic acids is 1. The Bertz CT molecular complexity index is 872. The van der Waals surface area contributed by atoms with Gasteiger partial charge in [0.15, 0.2) is 0 Å². The number of para-hydroxylation sites is 1. The smallest absolute Gasteiger partial charge is 0.288 e. The van der Waals surface area contributed by atoms with E-state index in [1.54, 1.807) is 4.90 Å². The van der Waals surface area contributed by atoms with Crippen molar-refractivity contribution < 1.29 is 9.72 Å². The molecule has 0 atom stereocenters. The van der Waals surface area contributed by atoms with Crippen molar-refractivity contribution in [2.75, 3.05) is 11.4 Å². The number of rotatable bonds is 3. The zero-order valence-corrected chi connectivity index (χ0v) is 13.3. The van der Waals surface area contributed by atoms with Crippen LogP contribution < -0.4 is 10.5 Å². The summed E-state index contributed by atoms with van der Waals surface area (Å²) in [5.74, 6) is -0.243. The molecule has 0 N–H and O–H groups in total. The van der Waals surface area contributed by atoms with Crippen LogP contribution in [0.15, 0.2) is 41.2 Å². The molecule has 0 unspecified atom stereocenters. The van der Waals surface area contributed by atoms with E-state index in [1.165, 1.54) is 13.0 Å². The van der Waals surface area contributed by atoms with Gasteiger partial charge in [0.25, 0.3) is 11.2 Å². The summed E-state index contributed by atoms with van der Waals surface area (Å²) in [7, 11) is 0. The van der Waals surface area contributed by atoms with Gasteiger partial charge in [-0.2, -0.15) is 0 Å². The highest BCUT2D eigenvalue weighted by Crippen LogP contribution is 2.27. The predicted octanol–water partition coefficient (Wildman–Crippen LogP) is 2.04. The van der Waals surface area contributed by atoms with Crippen LogP contribution in [0, 0.1) is 17.0 Å². The van der Waals surface area contributed by atoms with Crippen molar-refractivity contribution in [3.8, 4) is 0 Å². The Labute approximate surface area is 138 Å². The number of hydrogen-bond donors (Lipinski definition) is 0. The minimum absolute atomic E-state index is 0.165. The number of aromatic nitrogens is 1. The Balaban J connectivity index is 1.93. The van der Waals surface area contributed by atoms with E-state index in [1.807, 2.05) is 24.3 Å². The molecule has 1 amide bonds. The second-order valence-corrected chi connectivity index (χ2v) is 5.76. The highest BCUT2D eigenvalue weighted by atomic mass is 16.6. The third-order valence-corrected chi connectivity index (χ3v) is 4.33. The molecular formula is C17H17N3O4. The van der Waals surface area contributed by atoms with Crippen molar-refractivity contribution in [2.45, 2.75) is 26.3 Å². The summed E-state index contributed by atoms with van der Waals surface area (Å²) in [6, 6.07) is 9.98. The molecule has 1 aliphatic rings. The fraction of sp³-hybridized carbons (Fsp3) is 0.294. The van der Waals surface area contributed by atoms with Crippen LogP contribution in [0.5, 0.6) is 0 Å². The Kier molecular flexibility index (Phi) is 4.16. The summed E-state index contributed by atoms with van der Waals surface area (Å²) >= 11 is 0. The molecule has 1 aromatic heterocycles. The SMILES string of the molecule is Cc1c([N+](=O)[O-])ccc(=O)n1CC(=O)N1CCCc2ccccc21. The molecule has 2 heterocycles. The van der Waals surface area contributed by atoms with Crippen LogP contribution in [0.25, 0.3) is 0 Å². The number of aryl methyl sites for hydroxylation is 1. The maximum absolute atomic E-state index is 12.7. The number of fused-ring (bicyclic) bond motifs is 1. The topological polar surface area (TPSA) is 85.5 Å². The summed E-state index contributed by atoms with van der Waals surface area (Å²) in [5, 5.41) is 11.0. The van der Waals surface area contributed by atoms with Crippen LogP contribution >= 0.6 is 0 Å². The number of pyridine rings is 1. The van der Waals surface area contributed by atoms with Crippen molar-refractivity contribution >= 4 is 17.3 Å². The van der Waals surface area contributed by atoms with Crippen LogP contribution in [0.1, 0.15) is 17.7 Å². The van der Waals surface area contributed by atoms with Gasteiger partial charge in [0, 0.05) is 24.4 Å². The van der Waals surface area contributed by atoms with E-state index >= 15 is 0 Å². The lowest BCUT2D eigenvalue weighted by atomic mass is 10.0. The first-order chi connectivity index (χ1) is 11.5. The molecule has 7 nitrogen and oxygen atoms in total. The number of carbonyl (C=O) groups is 1. The molecule has 2 aromatic rings. The van der Waals surface area contributed by atoms with Crippen molar-refractivity contribution in [1.82, 2.24) is 4.57 Å². The van der Waals surface area contributed by atoms with Gasteiger partial charge in [-0.15, -0.1) is 0 Å². The molecular weight excluding hydrogens is 310 g/mol. The van der Waals surface area contributed by atoms with E-state index in [0.717, 1.165) is 34.7 Å². The Morgan fingerprint density at radius 1 is 1.25 bits per heavy atom. The Hall–Kier alpha value is -2.96. The average molecular weight is 327 g/mol. The van der Waals surface area contributed by atoms with Crippen LogP contribution in [-0.4, -0.2) is 21.9 Å². The summed E-state index contributed by atoms with van der Waals surface area (Å²) in [6.45, 7) is 1.86. The van der Waals surface area contributed by atoms with E-state index in [9.17, 15) is 19.7 Å².